The maximum Gasteiger partial charge on any atom is 0.0798 e. The fraction of sp³-hybridized carbons (Fsp3) is 1.00. The molecule has 3 unspecified atom stereocenters. The summed E-state index contributed by atoms with van der Waals surface area (Å²) in [7, 11) is 0. The Hall–Kier alpha value is -0.0800. The molecule has 0 aromatic heterocycles. The first-order chi connectivity index (χ1) is 6.79. The third kappa shape index (κ3) is 2.94. The molecular formula is C13H27NO. The molecule has 3 N–H and O–H groups in total. The predicted octanol–water partition coefficient (Wildman–Crippen LogP) is 2.69. The third-order valence-corrected chi connectivity index (χ3v) is 4.06. The lowest BCUT2D eigenvalue weighted by atomic mass is 9.65. The minimum atomic E-state index is -0.587. The molecule has 2 heteroatoms. The second-order valence-corrected chi connectivity index (χ2v) is 6.30. The Morgan fingerprint density at radius 1 is 1.40 bits per heavy atom. The van der Waals surface area contributed by atoms with E-state index in [2.05, 4.69) is 27.7 Å². The molecule has 3 atom stereocenters. The summed E-state index contributed by atoms with van der Waals surface area (Å²) in [6.07, 6.45) is 4.84. The van der Waals surface area contributed by atoms with Crippen LogP contribution in [-0.4, -0.2) is 16.7 Å². The fourth-order valence-electron chi connectivity index (χ4n) is 2.78. The Kier molecular flexibility index (Phi) is 3.83. The Bertz CT molecular complexity index is 209. The van der Waals surface area contributed by atoms with Gasteiger partial charge in [0, 0.05) is 6.04 Å². The van der Waals surface area contributed by atoms with Crippen molar-refractivity contribution in [3.63, 3.8) is 0 Å². The van der Waals surface area contributed by atoms with Crippen LogP contribution >= 0.6 is 0 Å². The van der Waals surface area contributed by atoms with Gasteiger partial charge in [0.15, 0.2) is 0 Å². The molecule has 0 aromatic rings. The number of aliphatic hydroxyl groups is 1. The van der Waals surface area contributed by atoms with E-state index in [4.69, 9.17) is 5.73 Å². The Morgan fingerprint density at radius 3 is 2.40 bits per heavy atom. The van der Waals surface area contributed by atoms with Crippen LogP contribution in [0.25, 0.3) is 0 Å². The minimum Gasteiger partial charge on any atom is -0.388 e. The monoisotopic (exact) mass is 213 g/mol. The summed E-state index contributed by atoms with van der Waals surface area (Å²) in [4.78, 5) is 0. The lowest BCUT2D eigenvalue weighted by molar-refractivity contribution is -0.0488. The van der Waals surface area contributed by atoms with Crippen LogP contribution < -0.4 is 5.73 Å². The van der Waals surface area contributed by atoms with E-state index in [9.17, 15) is 5.11 Å². The van der Waals surface area contributed by atoms with Gasteiger partial charge in [-0.1, -0.05) is 34.1 Å². The Balaban J connectivity index is 2.62. The van der Waals surface area contributed by atoms with Gasteiger partial charge < -0.3 is 10.8 Å². The van der Waals surface area contributed by atoms with Crippen molar-refractivity contribution in [1.29, 1.82) is 0 Å². The second kappa shape index (κ2) is 4.42. The second-order valence-electron chi connectivity index (χ2n) is 6.30. The topological polar surface area (TPSA) is 46.2 Å². The van der Waals surface area contributed by atoms with Gasteiger partial charge in [-0.05, 0) is 37.0 Å². The molecule has 0 bridgehead atoms. The average molecular weight is 213 g/mol. The third-order valence-electron chi connectivity index (χ3n) is 4.06. The predicted molar refractivity (Wildman–Crippen MR) is 64.6 cm³/mol. The van der Waals surface area contributed by atoms with E-state index < -0.39 is 5.60 Å². The smallest absolute Gasteiger partial charge is 0.0798 e. The van der Waals surface area contributed by atoms with Gasteiger partial charge in [0.1, 0.15) is 0 Å². The number of hydrogen-bond donors (Lipinski definition) is 2. The van der Waals surface area contributed by atoms with Crippen LogP contribution in [0, 0.1) is 11.3 Å². The van der Waals surface area contributed by atoms with Crippen LogP contribution in [0.5, 0.6) is 0 Å². The van der Waals surface area contributed by atoms with Crippen molar-refractivity contribution in [1.82, 2.24) is 0 Å². The van der Waals surface area contributed by atoms with Crippen LogP contribution in [-0.2, 0) is 0 Å². The zero-order valence-corrected chi connectivity index (χ0v) is 10.7. The molecule has 1 aliphatic carbocycles. The van der Waals surface area contributed by atoms with E-state index in [1.807, 2.05) is 0 Å². The molecule has 0 spiro atoms. The summed E-state index contributed by atoms with van der Waals surface area (Å²) in [6, 6.07) is -0.0320. The first-order valence-corrected chi connectivity index (χ1v) is 6.27. The highest BCUT2D eigenvalue weighted by Gasteiger charge is 2.42. The van der Waals surface area contributed by atoms with Crippen LogP contribution in [0.15, 0.2) is 0 Å². The average Bonchev–Trinajstić information content (AvgIpc) is 2.08. The van der Waals surface area contributed by atoms with Crippen molar-refractivity contribution in [3.05, 3.63) is 0 Å². The lowest BCUT2D eigenvalue weighted by Crippen LogP contribution is -2.53. The summed E-state index contributed by atoms with van der Waals surface area (Å²) in [5.41, 5.74) is 5.87. The molecule has 0 radical (unpaired) electrons. The van der Waals surface area contributed by atoms with E-state index in [1.165, 1.54) is 0 Å². The van der Waals surface area contributed by atoms with Crippen molar-refractivity contribution in [3.8, 4) is 0 Å². The summed E-state index contributed by atoms with van der Waals surface area (Å²) >= 11 is 0. The molecule has 0 heterocycles. The maximum atomic E-state index is 10.4. The lowest BCUT2D eigenvalue weighted by Gasteiger charge is -2.45. The van der Waals surface area contributed by atoms with Gasteiger partial charge in [-0.15, -0.1) is 0 Å². The SMILES string of the molecule is CCCC1(O)CCC(C(C)(C)C)CC1N. The summed E-state index contributed by atoms with van der Waals surface area (Å²) in [5.74, 6) is 0.657. The number of hydrogen-bond acceptors (Lipinski definition) is 2. The van der Waals surface area contributed by atoms with Gasteiger partial charge in [0.2, 0.25) is 0 Å². The molecule has 0 saturated heterocycles. The molecule has 2 nitrogen and oxygen atoms in total. The number of nitrogens with two attached hydrogens (primary N) is 1. The van der Waals surface area contributed by atoms with E-state index in [0.717, 1.165) is 32.1 Å². The highest BCUT2D eigenvalue weighted by atomic mass is 16.3. The Labute approximate surface area is 94.2 Å². The van der Waals surface area contributed by atoms with Gasteiger partial charge in [-0.25, -0.2) is 0 Å². The molecular weight excluding hydrogens is 186 g/mol. The van der Waals surface area contributed by atoms with Gasteiger partial charge in [0.25, 0.3) is 0 Å². The highest BCUT2D eigenvalue weighted by Crippen LogP contribution is 2.42. The fourth-order valence-corrected chi connectivity index (χ4v) is 2.78. The van der Waals surface area contributed by atoms with Crippen molar-refractivity contribution in [2.24, 2.45) is 17.1 Å². The first kappa shape index (κ1) is 13.0. The van der Waals surface area contributed by atoms with Gasteiger partial charge in [-0.2, -0.15) is 0 Å². The zero-order valence-electron chi connectivity index (χ0n) is 10.7. The van der Waals surface area contributed by atoms with Crippen LogP contribution in [0.1, 0.15) is 59.8 Å². The van der Waals surface area contributed by atoms with Crippen molar-refractivity contribution in [2.75, 3.05) is 0 Å². The van der Waals surface area contributed by atoms with Crippen molar-refractivity contribution < 1.29 is 5.11 Å². The molecule has 1 saturated carbocycles. The van der Waals surface area contributed by atoms with Gasteiger partial charge in [0.05, 0.1) is 5.60 Å². The molecule has 90 valence electrons. The molecule has 1 aliphatic rings. The Morgan fingerprint density at radius 2 is 2.00 bits per heavy atom. The largest absolute Gasteiger partial charge is 0.388 e. The summed E-state index contributed by atoms with van der Waals surface area (Å²) in [6.45, 7) is 8.93. The maximum absolute atomic E-state index is 10.4. The molecule has 1 rings (SSSR count). The normalized spacial score (nSPS) is 38.0. The first-order valence-electron chi connectivity index (χ1n) is 6.27. The van der Waals surface area contributed by atoms with Gasteiger partial charge in [-0.3, -0.25) is 0 Å². The van der Waals surface area contributed by atoms with E-state index in [-0.39, 0.29) is 6.04 Å². The number of rotatable bonds is 2. The quantitative estimate of drug-likeness (QED) is 0.741. The molecule has 0 amide bonds. The van der Waals surface area contributed by atoms with E-state index in [1.54, 1.807) is 0 Å². The molecule has 0 aliphatic heterocycles. The van der Waals surface area contributed by atoms with E-state index >= 15 is 0 Å². The van der Waals surface area contributed by atoms with Crippen LogP contribution in [0.4, 0.5) is 0 Å². The summed E-state index contributed by atoms with van der Waals surface area (Å²) in [5, 5.41) is 10.4. The van der Waals surface area contributed by atoms with Gasteiger partial charge >= 0.3 is 0 Å². The standard InChI is InChI=1S/C13H27NO/c1-5-7-13(15)8-6-10(9-11(13)14)12(2,3)4/h10-11,15H,5-9,14H2,1-4H3. The van der Waals surface area contributed by atoms with Crippen LogP contribution in [0.2, 0.25) is 0 Å². The van der Waals surface area contributed by atoms with Crippen molar-refractivity contribution in [2.45, 2.75) is 71.4 Å². The molecule has 0 aromatic carbocycles. The minimum absolute atomic E-state index is 0.0320. The highest BCUT2D eigenvalue weighted by molar-refractivity contribution is 4.97. The van der Waals surface area contributed by atoms with Crippen molar-refractivity contribution >= 4 is 0 Å². The van der Waals surface area contributed by atoms with Crippen LogP contribution in [0.3, 0.4) is 0 Å². The molecule has 15 heavy (non-hydrogen) atoms. The van der Waals surface area contributed by atoms with E-state index in [0.29, 0.717) is 11.3 Å². The summed E-state index contributed by atoms with van der Waals surface area (Å²) < 4.78 is 0. The molecule has 1 fully saturated rings. The zero-order chi connectivity index (χ0) is 11.7.